The number of hydrazone groups is 1. The molecule has 2 aromatic rings. The van der Waals surface area contributed by atoms with Gasteiger partial charge in [-0.2, -0.15) is 5.10 Å². The Morgan fingerprint density at radius 2 is 2.03 bits per heavy atom. The molecule has 10 nitrogen and oxygen atoms in total. The summed E-state index contributed by atoms with van der Waals surface area (Å²) in [6, 6.07) is 6.46. The third-order valence-corrected chi connectivity index (χ3v) is 7.68. The molecule has 0 spiro atoms. The second-order valence-electron chi connectivity index (χ2n) is 8.45. The summed E-state index contributed by atoms with van der Waals surface area (Å²) < 4.78 is 23.7. The Balaban J connectivity index is 1.59. The number of fused-ring (bicyclic) bond motifs is 1. The van der Waals surface area contributed by atoms with Crippen LogP contribution in [0.4, 0.5) is 0 Å². The van der Waals surface area contributed by atoms with Gasteiger partial charge in [-0.1, -0.05) is 25.5 Å². The van der Waals surface area contributed by atoms with Crippen LogP contribution in [0.1, 0.15) is 44.9 Å². The van der Waals surface area contributed by atoms with Gasteiger partial charge in [0.2, 0.25) is 5.91 Å². The number of benzene rings is 1. The van der Waals surface area contributed by atoms with E-state index in [1.807, 2.05) is 6.92 Å². The maximum atomic E-state index is 13.4. The molecular weight excluding hydrogens is 446 g/mol. The van der Waals surface area contributed by atoms with Crippen LogP contribution in [-0.2, 0) is 26.0 Å². The number of aromatic amines is 1. The molecule has 1 fully saturated rings. The van der Waals surface area contributed by atoms with Gasteiger partial charge in [-0.15, -0.1) is 0 Å². The van der Waals surface area contributed by atoms with Crippen molar-refractivity contribution in [1.29, 1.82) is 0 Å². The normalized spacial score (nSPS) is 20.2. The lowest BCUT2D eigenvalue weighted by atomic mass is 10.1. The van der Waals surface area contributed by atoms with Crippen LogP contribution >= 0.6 is 0 Å². The van der Waals surface area contributed by atoms with Crippen LogP contribution in [0, 0.1) is 0 Å². The molecular formula is C22H27N5O5S. The maximum absolute atomic E-state index is 13.4. The Morgan fingerprint density at radius 3 is 2.76 bits per heavy atom. The zero-order chi connectivity index (χ0) is 23.6. The molecule has 1 aromatic heterocycles. The molecule has 0 aliphatic carbocycles. The maximum Gasteiger partial charge on any atom is 0.270 e. The molecule has 2 aliphatic heterocycles. The fraction of sp³-hybridized carbons (Fsp3) is 0.500. The number of carbonyl (C=O) groups excluding carboxylic acids is 2. The summed E-state index contributed by atoms with van der Waals surface area (Å²) in [5, 5.41) is 5.97. The van der Waals surface area contributed by atoms with Gasteiger partial charge in [-0.05, 0) is 25.0 Å². The number of carbonyl (C=O) groups is 2. The molecule has 4 rings (SSSR count). The lowest BCUT2D eigenvalue weighted by Gasteiger charge is -2.30. The van der Waals surface area contributed by atoms with Gasteiger partial charge in [0.1, 0.15) is 11.5 Å². The first kappa shape index (κ1) is 23.1. The largest absolute Gasteiger partial charge is 0.330 e. The van der Waals surface area contributed by atoms with E-state index in [0.29, 0.717) is 29.7 Å². The van der Waals surface area contributed by atoms with E-state index >= 15 is 0 Å². The average molecular weight is 474 g/mol. The summed E-state index contributed by atoms with van der Waals surface area (Å²) in [7, 11) is -3.20. The molecule has 1 N–H and O–H groups in total. The van der Waals surface area contributed by atoms with E-state index in [4.69, 9.17) is 0 Å². The second-order valence-corrected chi connectivity index (χ2v) is 10.7. The quantitative estimate of drug-likeness (QED) is 0.643. The van der Waals surface area contributed by atoms with E-state index in [9.17, 15) is 22.8 Å². The molecule has 1 aromatic carbocycles. The summed E-state index contributed by atoms with van der Waals surface area (Å²) in [6.45, 7) is 2.55. The number of hydrogen-bond acceptors (Lipinski definition) is 7. The van der Waals surface area contributed by atoms with Gasteiger partial charge in [0.25, 0.3) is 11.5 Å². The second kappa shape index (κ2) is 9.42. The lowest BCUT2D eigenvalue weighted by Crippen LogP contribution is -2.45. The fourth-order valence-electron chi connectivity index (χ4n) is 4.15. The number of amides is 2. The van der Waals surface area contributed by atoms with Crippen molar-refractivity contribution in [2.75, 3.05) is 18.1 Å². The van der Waals surface area contributed by atoms with Crippen molar-refractivity contribution in [2.24, 2.45) is 5.10 Å². The summed E-state index contributed by atoms with van der Waals surface area (Å²) >= 11 is 0. The van der Waals surface area contributed by atoms with Crippen LogP contribution < -0.4 is 5.56 Å². The van der Waals surface area contributed by atoms with Crippen molar-refractivity contribution in [2.45, 2.75) is 51.6 Å². The zero-order valence-corrected chi connectivity index (χ0v) is 19.3. The number of aromatic nitrogens is 2. The summed E-state index contributed by atoms with van der Waals surface area (Å²) in [5.41, 5.74) is 0.499. The highest BCUT2D eigenvalue weighted by Crippen LogP contribution is 2.23. The van der Waals surface area contributed by atoms with Gasteiger partial charge in [-0.25, -0.2) is 18.4 Å². The molecule has 2 aliphatic rings. The van der Waals surface area contributed by atoms with Crippen LogP contribution in [0.15, 0.2) is 34.2 Å². The van der Waals surface area contributed by atoms with E-state index in [-0.39, 0.29) is 54.0 Å². The highest BCUT2D eigenvalue weighted by Gasteiger charge is 2.37. The van der Waals surface area contributed by atoms with Crippen LogP contribution in [0.5, 0.6) is 0 Å². The monoisotopic (exact) mass is 473 g/mol. The SMILES string of the molecule is CCCCN(Cc1nc2ccccc2c(=O)[nH]1)C(=O)C1=NN(C2CCS(=O)(=O)C2)C(=O)CC1. The molecule has 11 heteroatoms. The predicted molar refractivity (Wildman–Crippen MR) is 123 cm³/mol. The molecule has 1 unspecified atom stereocenters. The molecule has 176 valence electrons. The smallest absolute Gasteiger partial charge is 0.270 e. The van der Waals surface area contributed by atoms with Crippen LogP contribution in [0.2, 0.25) is 0 Å². The predicted octanol–water partition coefficient (Wildman–Crippen LogP) is 1.22. The Labute approximate surface area is 191 Å². The Bertz CT molecular complexity index is 1270. The zero-order valence-electron chi connectivity index (χ0n) is 18.5. The fourth-order valence-corrected chi connectivity index (χ4v) is 5.85. The third-order valence-electron chi connectivity index (χ3n) is 5.93. The van der Waals surface area contributed by atoms with Gasteiger partial charge in [0.15, 0.2) is 9.84 Å². The standard InChI is InChI=1S/C22H27N5O5S/c1-2-3-11-26(13-19-23-17-7-5-4-6-16(17)21(29)24-19)22(30)18-8-9-20(28)27(25-18)15-10-12-33(31,32)14-15/h4-7,15H,2-3,8-14H2,1H3,(H,23,24,29). The number of sulfone groups is 1. The average Bonchev–Trinajstić information content (AvgIpc) is 3.16. The summed E-state index contributed by atoms with van der Waals surface area (Å²) in [4.78, 5) is 47.0. The van der Waals surface area contributed by atoms with Gasteiger partial charge in [0, 0.05) is 19.4 Å². The van der Waals surface area contributed by atoms with E-state index in [2.05, 4.69) is 15.1 Å². The Morgan fingerprint density at radius 1 is 1.24 bits per heavy atom. The molecule has 0 bridgehead atoms. The highest BCUT2D eigenvalue weighted by atomic mass is 32.2. The van der Waals surface area contributed by atoms with Crippen LogP contribution in [-0.4, -0.2) is 69.9 Å². The number of hydrogen-bond donors (Lipinski definition) is 1. The number of H-pyrrole nitrogens is 1. The minimum absolute atomic E-state index is 0.0177. The summed E-state index contributed by atoms with van der Waals surface area (Å²) in [6.07, 6.45) is 2.23. The first-order valence-electron chi connectivity index (χ1n) is 11.1. The number of rotatable bonds is 7. The highest BCUT2D eigenvalue weighted by molar-refractivity contribution is 7.91. The van der Waals surface area contributed by atoms with Gasteiger partial charge >= 0.3 is 0 Å². The van der Waals surface area contributed by atoms with E-state index in [0.717, 1.165) is 12.8 Å². The van der Waals surface area contributed by atoms with E-state index < -0.39 is 15.9 Å². The van der Waals surface area contributed by atoms with Gasteiger partial charge < -0.3 is 9.88 Å². The molecule has 0 radical (unpaired) electrons. The van der Waals surface area contributed by atoms with Crippen molar-refractivity contribution < 1.29 is 18.0 Å². The number of nitrogens with zero attached hydrogens (tertiary/aromatic N) is 4. The molecule has 1 saturated heterocycles. The third kappa shape index (κ3) is 5.13. The molecule has 1 atom stereocenters. The first-order chi connectivity index (χ1) is 15.8. The molecule has 33 heavy (non-hydrogen) atoms. The first-order valence-corrected chi connectivity index (χ1v) is 13.0. The van der Waals surface area contributed by atoms with Crippen LogP contribution in [0.25, 0.3) is 10.9 Å². The lowest BCUT2D eigenvalue weighted by molar-refractivity contribution is -0.134. The van der Waals surface area contributed by atoms with E-state index in [1.54, 1.807) is 29.2 Å². The summed E-state index contributed by atoms with van der Waals surface area (Å²) in [5.74, 6) is -0.351. The number of nitrogens with one attached hydrogen (secondary N) is 1. The van der Waals surface area contributed by atoms with Crippen molar-refractivity contribution >= 4 is 38.3 Å². The minimum Gasteiger partial charge on any atom is -0.330 e. The van der Waals surface area contributed by atoms with Gasteiger partial charge in [-0.3, -0.25) is 14.4 Å². The van der Waals surface area contributed by atoms with Crippen molar-refractivity contribution in [3.8, 4) is 0 Å². The molecule has 3 heterocycles. The number of unbranched alkanes of at least 4 members (excludes halogenated alkanes) is 1. The minimum atomic E-state index is -3.20. The Kier molecular flexibility index (Phi) is 6.59. The molecule has 0 saturated carbocycles. The molecule has 2 amide bonds. The van der Waals surface area contributed by atoms with Crippen LogP contribution in [0.3, 0.4) is 0 Å². The van der Waals surface area contributed by atoms with Crippen molar-refractivity contribution in [1.82, 2.24) is 19.9 Å². The van der Waals surface area contributed by atoms with Gasteiger partial charge in [0.05, 0.1) is 35.0 Å². The number of para-hydroxylation sites is 1. The topological polar surface area (TPSA) is 133 Å². The van der Waals surface area contributed by atoms with E-state index in [1.165, 1.54) is 5.01 Å². The van der Waals surface area contributed by atoms with Crippen molar-refractivity contribution in [3.05, 3.63) is 40.4 Å². The Hall–Kier alpha value is -3.08. The van der Waals surface area contributed by atoms with Crippen molar-refractivity contribution in [3.63, 3.8) is 0 Å².